The minimum Gasteiger partial charge on any atom is -0.493 e. The molecule has 1 aromatic heterocycles. The molecule has 2 atom stereocenters. The lowest BCUT2D eigenvalue weighted by Crippen LogP contribution is -2.25. The highest BCUT2D eigenvalue weighted by molar-refractivity contribution is 5.88. The predicted octanol–water partition coefficient (Wildman–Crippen LogP) is 6.04. The Morgan fingerprint density at radius 2 is 1.56 bits per heavy atom. The van der Waals surface area contributed by atoms with Crippen LogP contribution in [0.15, 0.2) is 72.9 Å². The molecule has 0 aliphatic heterocycles. The number of hydrogen-bond donors (Lipinski definition) is 4. The van der Waals surface area contributed by atoms with Crippen LogP contribution >= 0.6 is 0 Å². The molecule has 0 saturated heterocycles. The number of fused-ring (bicyclic) bond motifs is 1. The van der Waals surface area contributed by atoms with Gasteiger partial charge in [-0.3, -0.25) is 9.78 Å². The van der Waals surface area contributed by atoms with Gasteiger partial charge in [-0.05, 0) is 59.5 Å². The van der Waals surface area contributed by atoms with Crippen molar-refractivity contribution in [1.82, 2.24) is 4.98 Å². The van der Waals surface area contributed by atoms with Crippen molar-refractivity contribution in [2.45, 2.75) is 51.2 Å². The number of ether oxygens (including phenoxy) is 3. The van der Waals surface area contributed by atoms with Crippen LogP contribution in [0, 0.1) is 0 Å². The van der Waals surface area contributed by atoms with E-state index in [2.05, 4.69) is 55.3 Å². The Morgan fingerprint density at radius 3 is 2.17 bits per heavy atom. The highest BCUT2D eigenvalue weighted by Gasteiger charge is 2.18. The van der Waals surface area contributed by atoms with Crippen molar-refractivity contribution in [2.24, 2.45) is 0 Å². The molecule has 0 radical (unpaired) electrons. The number of aliphatic hydroxyl groups excluding tert-OH is 2. The van der Waals surface area contributed by atoms with Gasteiger partial charge in [0.15, 0.2) is 11.5 Å². The van der Waals surface area contributed by atoms with E-state index >= 15 is 0 Å². The average molecular weight is 561 g/mol. The zero-order chi connectivity index (χ0) is 29.6. The molecule has 0 spiro atoms. The molecule has 4 aromatic rings. The van der Waals surface area contributed by atoms with Gasteiger partial charge in [-0.1, -0.05) is 32.9 Å². The van der Waals surface area contributed by atoms with Crippen molar-refractivity contribution < 1.29 is 34.3 Å². The number of carboxylic acid groups (broad SMARTS) is 1. The topological polar surface area (TPSA) is 130 Å². The van der Waals surface area contributed by atoms with E-state index in [-0.39, 0.29) is 18.4 Å². The van der Waals surface area contributed by atoms with Crippen molar-refractivity contribution in [2.75, 3.05) is 19.0 Å². The first kappa shape index (κ1) is 29.6. The number of methoxy groups -OCH3 is 1. The van der Waals surface area contributed by atoms with E-state index in [0.717, 1.165) is 11.4 Å². The Morgan fingerprint density at radius 1 is 0.902 bits per heavy atom. The predicted molar refractivity (Wildman–Crippen MR) is 158 cm³/mol. The van der Waals surface area contributed by atoms with Crippen molar-refractivity contribution in [1.29, 1.82) is 0 Å². The average Bonchev–Trinajstić information content (AvgIpc) is 2.92. The molecular formula is C32H36N2O7. The molecule has 216 valence electrons. The van der Waals surface area contributed by atoms with Gasteiger partial charge in [0.25, 0.3) is 0 Å². The van der Waals surface area contributed by atoms with Gasteiger partial charge in [-0.2, -0.15) is 0 Å². The van der Waals surface area contributed by atoms with Crippen molar-refractivity contribution in [3.8, 4) is 23.0 Å². The lowest BCUT2D eigenvalue weighted by atomic mass is 9.87. The molecule has 9 heteroatoms. The summed E-state index contributed by atoms with van der Waals surface area (Å²) in [6, 6.07) is 21.3. The molecule has 3 aromatic carbocycles. The largest absolute Gasteiger partial charge is 0.493 e. The zero-order valence-corrected chi connectivity index (χ0v) is 23.6. The highest BCUT2D eigenvalue weighted by Crippen LogP contribution is 2.37. The summed E-state index contributed by atoms with van der Waals surface area (Å²) in [7, 11) is 1.50. The van der Waals surface area contributed by atoms with E-state index in [0.29, 0.717) is 33.9 Å². The first-order valence-corrected chi connectivity index (χ1v) is 13.3. The van der Waals surface area contributed by atoms with Gasteiger partial charge < -0.3 is 34.8 Å². The summed E-state index contributed by atoms with van der Waals surface area (Å²) >= 11 is 0. The molecule has 0 aliphatic carbocycles. The van der Waals surface area contributed by atoms with Gasteiger partial charge in [0, 0.05) is 35.4 Å². The monoisotopic (exact) mass is 560 g/mol. The standard InChI is InChI=1S/C32H36N2O7/c1-32(2,3)20-5-7-21(8-6-20)34-22-9-11-25(12-10-22)41-28-13-14-33-27-18-30(29(39-4)17-26(27)28)40-19-24(36)15-23(35)16-31(37)38/h5-14,17-18,23-24,34-36H,15-16,19H2,1-4H3,(H,37,38). The Bertz CT molecular complexity index is 1460. The summed E-state index contributed by atoms with van der Waals surface area (Å²) < 4.78 is 17.4. The maximum atomic E-state index is 10.7. The molecule has 9 nitrogen and oxygen atoms in total. The number of aromatic nitrogens is 1. The summed E-state index contributed by atoms with van der Waals surface area (Å²) in [5, 5.41) is 32.8. The number of hydrogen-bond acceptors (Lipinski definition) is 8. The Balaban J connectivity index is 1.44. The summed E-state index contributed by atoms with van der Waals surface area (Å²) in [5.74, 6) is 0.845. The number of benzene rings is 3. The van der Waals surface area contributed by atoms with Crippen LogP contribution in [0.2, 0.25) is 0 Å². The number of aliphatic carboxylic acids is 1. The van der Waals surface area contributed by atoms with Gasteiger partial charge in [0.05, 0.1) is 31.3 Å². The maximum absolute atomic E-state index is 10.7. The number of aliphatic hydroxyl groups is 2. The molecule has 0 fully saturated rings. The van der Waals surface area contributed by atoms with E-state index < -0.39 is 24.6 Å². The van der Waals surface area contributed by atoms with Crippen molar-refractivity contribution in [3.63, 3.8) is 0 Å². The smallest absolute Gasteiger partial charge is 0.305 e. The lowest BCUT2D eigenvalue weighted by molar-refractivity contribution is -0.139. The second-order valence-corrected chi connectivity index (χ2v) is 10.9. The second-order valence-electron chi connectivity index (χ2n) is 10.9. The number of pyridine rings is 1. The van der Waals surface area contributed by atoms with Crippen LogP contribution < -0.4 is 19.5 Å². The molecule has 0 aliphatic rings. The van der Waals surface area contributed by atoms with Crippen LogP contribution in [-0.4, -0.2) is 52.2 Å². The molecule has 1 heterocycles. The normalized spacial score (nSPS) is 12.9. The minimum absolute atomic E-state index is 0.102. The number of rotatable bonds is 12. The summed E-state index contributed by atoms with van der Waals surface area (Å²) in [6.07, 6.45) is -1.19. The van der Waals surface area contributed by atoms with Crippen LogP contribution in [0.3, 0.4) is 0 Å². The van der Waals surface area contributed by atoms with Crippen LogP contribution in [0.1, 0.15) is 39.2 Å². The second kappa shape index (κ2) is 12.9. The number of carboxylic acids is 1. The van der Waals surface area contributed by atoms with Crippen LogP contribution in [-0.2, 0) is 10.2 Å². The maximum Gasteiger partial charge on any atom is 0.305 e. The first-order valence-electron chi connectivity index (χ1n) is 13.3. The lowest BCUT2D eigenvalue weighted by Gasteiger charge is -2.19. The highest BCUT2D eigenvalue weighted by atomic mass is 16.5. The van der Waals surface area contributed by atoms with E-state index in [9.17, 15) is 15.0 Å². The third kappa shape index (κ3) is 8.09. The van der Waals surface area contributed by atoms with Gasteiger partial charge in [-0.15, -0.1) is 0 Å². The van der Waals surface area contributed by atoms with Gasteiger partial charge in [-0.25, -0.2) is 0 Å². The van der Waals surface area contributed by atoms with Gasteiger partial charge in [0.1, 0.15) is 18.1 Å². The zero-order valence-electron chi connectivity index (χ0n) is 23.6. The third-order valence-electron chi connectivity index (χ3n) is 6.49. The summed E-state index contributed by atoms with van der Waals surface area (Å²) in [6.45, 7) is 6.42. The molecule has 2 unspecified atom stereocenters. The van der Waals surface area contributed by atoms with Crippen molar-refractivity contribution in [3.05, 3.63) is 78.5 Å². The van der Waals surface area contributed by atoms with E-state index in [1.807, 2.05) is 24.3 Å². The van der Waals surface area contributed by atoms with Gasteiger partial charge >= 0.3 is 5.97 Å². The molecular weight excluding hydrogens is 524 g/mol. The molecule has 0 bridgehead atoms. The Labute approximate surface area is 239 Å². The summed E-state index contributed by atoms with van der Waals surface area (Å²) in [5.41, 5.74) is 3.90. The van der Waals surface area contributed by atoms with Gasteiger partial charge in [0.2, 0.25) is 0 Å². The fourth-order valence-electron chi connectivity index (χ4n) is 4.30. The Kier molecular flexibility index (Phi) is 9.31. The number of anilines is 2. The third-order valence-corrected chi connectivity index (χ3v) is 6.49. The summed E-state index contributed by atoms with van der Waals surface area (Å²) in [4.78, 5) is 15.1. The van der Waals surface area contributed by atoms with Crippen molar-refractivity contribution >= 4 is 28.2 Å². The Hall–Kier alpha value is -4.34. The fraction of sp³-hybridized carbons (Fsp3) is 0.312. The van der Waals surface area contributed by atoms with Crippen LogP contribution in [0.4, 0.5) is 11.4 Å². The number of nitrogens with zero attached hydrogens (tertiary/aromatic N) is 1. The quantitative estimate of drug-likeness (QED) is 0.164. The number of nitrogens with one attached hydrogen (secondary N) is 1. The van der Waals surface area contributed by atoms with Crippen LogP contribution in [0.5, 0.6) is 23.0 Å². The molecule has 41 heavy (non-hydrogen) atoms. The van der Waals surface area contributed by atoms with E-state index in [1.165, 1.54) is 12.7 Å². The molecule has 4 rings (SSSR count). The molecule has 0 amide bonds. The van der Waals surface area contributed by atoms with Crippen LogP contribution in [0.25, 0.3) is 10.9 Å². The fourth-order valence-corrected chi connectivity index (χ4v) is 4.30. The molecule has 4 N–H and O–H groups in total. The van der Waals surface area contributed by atoms with E-state index in [1.54, 1.807) is 24.4 Å². The minimum atomic E-state index is -1.17. The molecule has 0 saturated carbocycles. The first-order chi connectivity index (χ1) is 19.5. The SMILES string of the molecule is COc1cc2c(Oc3ccc(Nc4ccc(C(C)(C)C)cc4)cc3)ccnc2cc1OCC(O)CC(O)CC(=O)O. The van der Waals surface area contributed by atoms with E-state index in [4.69, 9.17) is 19.3 Å². The number of carbonyl (C=O) groups is 1.